The van der Waals surface area contributed by atoms with Crippen molar-refractivity contribution in [3.8, 4) is 28.7 Å². The molecule has 4 heteroatoms. The van der Waals surface area contributed by atoms with E-state index in [1.165, 1.54) is 29.5 Å². The summed E-state index contributed by atoms with van der Waals surface area (Å²) < 4.78 is 12.4. The molecule has 0 radical (unpaired) electrons. The first-order valence-corrected chi connectivity index (χ1v) is 13.0. The molecule has 1 saturated carbocycles. The predicted molar refractivity (Wildman–Crippen MR) is 143 cm³/mol. The lowest BCUT2D eigenvalue weighted by Gasteiger charge is -2.20. The molecule has 0 bridgehead atoms. The largest absolute Gasteiger partial charge is 0.493 e. The molecule has 1 fully saturated rings. The number of nitrogens with zero attached hydrogens (tertiary/aromatic N) is 1. The van der Waals surface area contributed by atoms with Crippen LogP contribution in [0, 0.1) is 25.2 Å². The Morgan fingerprint density at radius 2 is 1.64 bits per heavy atom. The van der Waals surface area contributed by atoms with Gasteiger partial charge < -0.3 is 14.6 Å². The third-order valence-electron chi connectivity index (χ3n) is 7.42. The van der Waals surface area contributed by atoms with Gasteiger partial charge >= 0.3 is 0 Å². The first-order chi connectivity index (χ1) is 17.2. The molecule has 36 heavy (non-hydrogen) atoms. The quantitative estimate of drug-likeness (QED) is 0.366. The van der Waals surface area contributed by atoms with Gasteiger partial charge in [-0.15, -0.1) is 0 Å². The number of nitriles is 1. The van der Waals surface area contributed by atoms with Gasteiger partial charge in [0.2, 0.25) is 0 Å². The lowest BCUT2D eigenvalue weighted by Crippen LogP contribution is -2.21. The molecule has 0 saturated heterocycles. The third kappa shape index (κ3) is 5.13. The summed E-state index contributed by atoms with van der Waals surface area (Å²) in [5, 5.41) is 20.0. The molecule has 3 aromatic rings. The standard InChI is InChI=1S/C32H35NO3/c1-20-17-26(35-16-15-32(3,4)34)18-21(2)30(20)31-24(19-33)9-12-27-28(31)13-14-29(27)36-25-10-7-23(8-11-25)22-5-6-22/h7-12,17-18,22,29,34H,5-6,13-16H2,1-4H3. The Balaban J connectivity index is 1.43. The summed E-state index contributed by atoms with van der Waals surface area (Å²) in [6.07, 6.45) is 4.93. The summed E-state index contributed by atoms with van der Waals surface area (Å²) in [6, 6.07) is 19.1. The van der Waals surface area contributed by atoms with Crippen molar-refractivity contribution in [2.24, 2.45) is 0 Å². The summed E-state index contributed by atoms with van der Waals surface area (Å²) in [6.45, 7) is 8.18. The van der Waals surface area contributed by atoms with Crippen LogP contribution in [0.2, 0.25) is 0 Å². The van der Waals surface area contributed by atoms with E-state index < -0.39 is 5.60 Å². The topological polar surface area (TPSA) is 62.5 Å². The van der Waals surface area contributed by atoms with Gasteiger partial charge in [-0.05, 0) is 123 Å². The average Bonchev–Trinajstić information content (AvgIpc) is 3.60. The Morgan fingerprint density at radius 1 is 0.944 bits per heavy atom. The minimum Gasteiger partial charge on any atom is -0.493 e. The van der Waals surface area contributed by atoms with Crippen LogP contribution in [0.4, 0.5) is 0 Å². The zero-order chi connectivity index (χ0) is 25.4. The van der Waals surface area contributed by atoms with Crippen LogP contribution in [0.3, 0.4) is 0 Å². The highest BCUT2D eigenvalue weighted by Gasteiger charge is 2.30. The Labute approximate surface area is 214 Å². The van der Waals surface area contributed by atoms with Crippen molar-refractivity contribution in [2.45, 2.75) is 77.4 Å². The fourth-order valence-electron chi connectivity index (χ4n) is 5.39. The van der Waals surface area contributed by atoms with Crippen molar-refractivity contribution in [1.82, 2.24) is 0 Å². The molecular formula is C32H35NO3. The van der Waals surface area contributed by atoms with Gasteiger partial charge in [0.1, 0.15) is 17.6 Å². The summed E-state index contributed by atoms with van der Waals surface area (Å²) >= 11 is 0. The fraction of sp³-hybridized carbons (Fsp3) is 0.406. The second-order valence-electron chi connectivity index (χ2n) is 11.0. The number of aliphatic hydroxyl groups is 1. The van der Waals surface area contributed by atoms with E-state index in [4.69, 9.17) is 9.47 Å². The SMILES string of the molecule is Cc1cc(OCCC(C)(C)O)cc(C)c1-c1c(C#N)ccc2c1CCC2Oc1ccc(C2CC2)cc1. The molecule has 0 amide bonds. The Hall–Kier alpha value is -3.29. The molecule has 3 aromatic carbocycles. The Kier molecular flexibility index (Phi) is 6.53. The average molecular weight is 482 g/mol. The molecule has 1 unspecified atom stereocenters. The van der Waals surface area contributed by atoms with Crippen molar-refractivity contribution in [2.75, 3.05) is 6.61 Å². The summed E-state index contributed by atoms with van der Waals surface area (Å²) in [5.74, 6) is 2.44. The van der Waals surface area contributed by atoms with Gasteiger partial charge in [-0.25, -0.2) is 0 Å². The second kappa shape index (κ2) is 9.64. The van der Waals surface area contributed by atoms with E-state index in [-0.39, 0.29) is 6.10 Å². The number of aryl methyl sites for hydroxylation is 2. The second-order valence-corrected chi connectivity index (χ2v) is 11.0. The van der Waals surface area contributed by atoms with Crippen molar-refractivity contribution < 1.29 is 14.6 Å². The molecule has 1 N–H and O–H groups in total. The van der Waals surface area contributed by atoms with E-state index in [1.807, 2.05) is 18.2 Å². The molecule has 1 atom stereocenters. The van der Waals surface area contributed by atoms with Gasteiger partial charge in [-0.3, -0.25) is 0 Å². The third-order valence-corrected chi connectivity index (χ3v) is 7.42. The van der Waals surface area contributed by atoms with Crippen LogP contribution in [-0.4, -0.2) is 17.3 Å². The van der Waals surface area contributed by atoms with Crippen LogP contribution >= 0.6 is 0 Å². The summed E-state index contributed by atoms with van der Waals surface area (Å²) in [7, 11) is 0. The van der Waals surface area contributed by atoms with E-state index in [1.54, 1.807) is 13.8 Å². The van der Waals surface area contributed by atoms with Crippen LogP contribution in [0.1, 0.15) is 84.9 Å². The van der Waals surface area contributed by atoms with E-state index in [2.05, 4.69) is 50.2 Å². The van der Waals surface area contributed by atoms with Gasteiger partial charge in [0.15, 0.2) is 0 Å². The van der Waals surface area contributed by atoms with Gasteiger partial charge in [-0.2, -0.15) is 5.26 Å². The number of rotatable bonds is 8. The molecule has 0 spiro atoms. The van der Waals surface area contributed by atoms with Gasteiger partial charge in [0.25, 0.3) is 0 Å². The number of hydrogen-bond donors (Lipinski definition) is 1. The molecule has 0 heterocycles. The van der Waals surface area contributed by atoms with Crippen molar-refractivity contribution in [1.29, 1.82) is 5.26 Å². The first kappa shape index (κ1) is 24.4. The minimum absolute atomic E-state index is 0.0108. The molecule has 5 rings (SSSR count). The number of benzene rings is 3. The van der Waals surface area contributed by atoms with Crippen LogP contribution in [-0.2, 0) is 6.42 Å². The highest BCUT2D eigenvalue weighted by atomic mass is 16.5. The van der Waals surface area contributed by atoms with Crippen LogP contribution in [0.15, 0.2) is 48.5 Å². The fourth-order valence-corrected chi connectivity index (χ4v) is 5.39. The zero-order valence-corrected chi connectivity index (χ0v) is 21.7. The molecule has 4 nitrogen and oxygen atoms in total. The minimum atomic E-state index is -0.756. The first-order valence-electron chi connectivity index (χ1n) is 13.0. The highest BCUT2D eigenvalue weighted by molar-refractivity contribution is 5.81. The monoisotopic (exact) mass is 481 g/mol. The van der Waals surface area contributed by atoms with Gasteiger partial charge in [0, 0.05) is 12.0 Å². The molecular weight excluding hydrogens is 446 g/mol. The number of fused-ring (bicyclic) bond motifs is 1. The highest BCUT2D eigenvalue weighted by Crippen LogP contribution is 2.45. The molecule has 186 valence electrons. The number of ether oxygens (including phenoxy) is 2. The lowest BCUT2D eigenvalue weighted by molar-refractivity contribution is 0.0553. The van der Waals surface area contributed by atoms with Crippen molar-refractivity contribution >= 4 is 0 Å². The van der Waals surface area contributed by atoms with Crippen molar-refractivity contribution in [3.05, 3.63) is 81.9 Å². The van der Waals surface area contributed by atoms with E-state index in [0.29, 0.717) is 18.6 Å². The lowest BCUT2D eigenvalue weighted by atomic mass is 9.87. The van der Waals surface area contributed by atoms with Crippen molar-refractivity contribution in [3.63, 3.8) is 0 Å². The molecule has 0 aliphatic heterocycles. The van der Waals surface area contributed by atoms with Crippen LogP contribution in [0.25, 0.3) is 11.1 Å². The Morgan fingerprint density at radius 3 is 2.25 bits per heavy atom. The van der Waals surface area contributed by atoms with Gasteiger partial charge in [-0.1, -0.05) is 18.2 Å². The molecule has 0 aromatic heterocycles. The van der Waals surface area contributed by atoms with E-state index in [9.17, 15) is 10.4 Å². The van der Waals surface area contributed by atoms with E-state index >= 15 is 0 Å². The summed E-state index contributed by atoms with van der Waals surface area (Å²) in [4.78, 5) is 0. The maximum Gasteiger partial charge on any atom is 0.124 e. The van der Waals surface area contributed by atoms with E-state index in [0.717, 1.165) is 52.5 Å². The van der Waals surface area contributed by atoms with Crippen LogP contribution < -0.4 is 9.47 Å². The van der Waals surface area contributed by atoms with Gasteiger partial charge in [0.05, 0.1) is 23.8 Å². The van der Waals surface area contributed by atoms with Crippen LogP contribution in [0.5, 0.6) is 11.5 Å². The predicted octanol–water partition coefficient (Wildman–Crippen LogP) is 7.33. The zero-order valence-electron chi connectivity index (χ0n) is 21.7. The number of hydrogen-bond acceptors (Lipinski definition) is 4. The maximum atomic E-state index is 9.99. The normalized spacial score (nSPS) is 16.9. The molecule has 2 aliphatic carbocycles. The molecule has 2 aliphatic rings. The summed E-state index contributed by atoms with van der Waals surface area (Å²) in [5.41, 5.74) is 8.05. The smallest absolute Gasteiger partial charge is 0.124 e. The Bertz CT molecular complexity index is 1280. The maximum absolute atomic E-state index is 9.99.